The van der Waals surface area contributed by atoms with Crippen molar-refractivity contribution in [2.45, 2.75) is 19.8 Å². The molecule has 1 aliphatic heterocycles. The molecule has 20 heavy (non-hydrogen) atoms. The lowest BCUT2D eigenvalue weighted by atomic mass is 10.0. The minimum atomic E-state index is -0.182. The maximum atomic E-state index is 12.1. The number of aromatic amines is 1. The van der Waals surface area contributed by atoms with Crippen LogP contribution in [-0.4, -0.2) is 29.7 Å². The quantitative estimate of drug-likeness (QED) is 0.880. The lowest BCUT2D eigenvalue weighted by Gasteiger charge is -2.27. The molecular formula is C15H18N4O. The van der Waals surface area contributed by atoms with Crippen molar-refractivity contribution in [3.63, 3.8) is 0 Å². The Morgan fingerprint density at radius 2 is 2.25 bits per heavy atom. The van der Waals surface area contributed by atoms with Gasteiger partial charge in [-0.05, 0) is 49.6 Å². The summed E-state index contributed by atoms with van der Waals surface area (Å²) in [4.78, 5) is 14.3. The maximum absolute atomic E-state index is 12.1. The first-order chi connectivity index (χ1) is 9.63. The number of hydrogen-bond acceptors (Lipinski definition) is 3. The van der Waals surface area contributed by atoms with E-state index in [0.717, 1.165) is 30.8 Å². The fraction of sp³-hybridized carbons (Fsp3) is 0.333. The summed E-state index contributed by atoms with van der Waals surface area (Å²) in [5, 5.41) is 9.64. The van der Waals surface area contributed by atoms with Crippen molar-refractivity contribution in [1.29, 1.82) is 0 Å². The number of carbonyl (C=O) groups is 1. The smallest absolute Gasteiger partial charge is 0.276 e. The van der Waals surface area contributed by atoms with Crippen molar-refractivity contribution < 1.29 is 4.79 Å². The normalized spacial score (nSPS) is 14.0. The number of anilines is 2. The van der Waals surface area contributed by atoms with Crippen LogP contribution in [0.25, 0.3) is 0 Å². The van der Waals surface area contributed by atoms with E-state index in [4.69, 9.17) is 0 Å². The van der Waals surface area contributed by atoms with Gasteiger partial charge in [-0.25, -0.2) is 0 Å². The number of H-pyrrole nitrogens is 1. The van der Waals surface area contributed by atoms with Crippen molar-refractivity contribution in [3.8, 4) is 0 Å². The average Bonchev–Trinajstić information content (AvgIpc) is 2.86. The molecule has 1 amide bonds. The van der Waals surface area contributed by atoms with Crippen LogP contribution in [0.5, 0.6) is 0 Å². The van der Waals surface area contributed by atoms with Crippen LogP contribution in [0.4, 0.5) is 11.4 Å². The summed E-state index contributed by atoms with van der Waals surface area (Å²) >= 11 is 0. The van der Waals surface area contributed by atoms with Gasteiger partial charge in [0.15, 0.2) is 5.69 Å². The zero-order valence-corrected chi connectivity index (χ0v) is 11.7. The summed E-state index contributed by atoms with van der Waals surface area (Å²) in [6.45, 7) is 2.96. The number of carbonyl (C=O) groups excluding carboxylic acids is 1. The number of nitrogens with zero attached hydrogens (tertiary/aromatic N) is 2. The number of nitrogens with one attached hydrogen (secondary N) is 2. The van der Waals surface area contributed by atoms with Gasteiger partial charge in [-0.1, -0.05) is 0 Å². The van der Waals surface area contributed by atoms with Gasteiger partial charge in [0.2, 0.25) is 0 Å². The highest BCUT2D eigenvalue weighted by molar-refractivity contribution is 6.03. The Labute approximate surface area is 118 Å². The van der Waals surface area contributed by atoms with E-state index in [9.17, 15) is 4.79 Å². The van der Waals surface area contributed by atoms with E-state index in [1.807, 2.05) is 13.0 Å². The van der Waals surface area contributed by atoms with Gasteiger partial charge in [0, 0.05) is 30.7 Å². The van der Waals surface area contributed by atoms with Crippen LogP contribution in [0.2, 0.25) is 0 Å². The monoisotopic (exact) mass is 270 g/mol. The van der Waals surface area contributed by atoms with Gasteiger partial charge in [0.05, 0.1) is 0 Å². The molecule has 0 bridgehead atoms. The van der Waals surface area contributed by atoms with Crippen molar-refractivity contribution in [3.05, 3.63) is 41.2 Å². The van der Waals surface area contributed by atoms with Gasteiger partial charge in [-0.3, -0.25) is 9.89 Å². The van der Waals surface area contributed by atoms with E-state index in [-0.39, 0.29) is 5.91 Å². The Morgan fingerprint density at radius 1 is 1.40 bits per heavy atom. The first kappa shape index (κ1) is 12.7. The number of rotatable bonds is 2. The Morgan fingerprint density at radius 3 is 3.00 bits per heavy atom. The van der Waals surface area contributed by atoms with Crippen LogP contribution < -0.4 is 10.2 Å². The molecule has 1 aromatic heterocycles. The lowest BCUT2D eigenvalue weighted by Crippen LogP contribution is -2.24. The Hall–Kier alpha value is -2.30. The number of aryl methyl sites for hydroxylation is 2. The Kier molecular flexibility index (Phi) is 3.18. The lowest BCUT2D eigenvalue weighted by molar-refractivity contribution is 0.102. The van der Waals surface area contributed by atoms with Gasteiger partial charge in [0.25, 0.3) is 5.91 Å². The average molecular weight is 270 g/mol. The van der Waals surface area contributed by atoms with Gasteiger partial charge < -0.3 is 10.2 Å². The van der Waals surface area contributed by atoms with E-state index in [0.29, 0.717) is 5.69 Å². The zero-order valence-electron chi connectivity index (χ0n) is 11.7. The number of fused-ring (bicyclic) bond motifs is 1. The highest BCUT2D eigenvalue weighted by Gasteiger charge is 2.15. The second kappa shape index (κ2) is 5.00. The summed E-state index contributed by atoms with van der Waals surface area (Å²) < 4.78 is 0. The second-order valence-corrected chi connectivity index (χ2v) is 5.26. The largest absolute Gasteiger partial charge is 0.374 e. The van der Waals surface area contributed by atoms with Crippen LogP contribution in [0.1, 0.15) is 28.2 Å². The molecule has 0 unspecified atom stereocenters. The summed E-state index contributed by atoms with van der Waals surface area (Å²) in [5.41, 5.74) is 4.66. The Bertz CT molecular complexity index is 647. The third-order valence-electron chi connectivity index (χ3n) is 3.63. The number of aromatic nitrogens is 2. The van der Waals surface area contributed by atoms with Crippen molar-refractivity contribution in [2.24, 2.45) is 0 Å². The van der Waals surface area contributed by atoms with Crippen LogP contribution in [0.3, 0.4) is 0 Å². The number of benzene rings is 1. The molecule has 0 fully saturated rings. The number of hydrogen-bond donors (Lipinski definition) is 2. The third-order valence-corrected chi connectivity index (χ3v) is 3.63. The first-order valence-electron chi connectivity index (χ1n) is 6.81. The minimum Gasteiger partial charge on any atom is -0.374 e. The molecule has 0 saturated heterocycles. The fourth-order valence-electron chi connectivity index (χ4n) is 2.59. The van der Waals surface area contributed by atoms with E-state index in [1.54, 1.807) is 6.07 Å². The van der Waals surface area contributed by atoms with E-state index in [1.165, 1.54) is 11.3 Å². The maximum Gasteiger partial charge on any atom is 0.276 e. The van der Waals surface area contributed by atoms with Crippen LogP contribution in [0.15, 0.2) is 24.3 Å². The molecule has 0 saturated carbocycles. The fourth-order valence-corrected chi connectivity index (χ4v) is 2.59. The zero-order chi connectivity index (χ0) is 14.1. The molecule has 3 rings (SSSR count). The molecule has 0 aliphatic carbocycles. The molecule has 5 heteroatoms. The highest BCUT2D eigenvalue weighted by Crippen LogP contribution is 2.28. The predicted molar refractivity (Wildman–Crippen MR) is 79.3 cm³/mol. The van der Waals surface area contributed by atoms with E-state index < -0.39 is 0 Å². The molecular weight excluding hydrogens is 252 g/mol. The van der Waals surface area contributed by atoms with Gasteiger partial charge in [0.1, 0.15) is 0 Å². The van der Waals surface area contributed by atoms with Crippen molar-refractivity contribution in [2.75, 3.05) is 23.8 Å². The second-order valence-electron chi connectivity index (χ2n) is 5.26. The molecule has 104 valence electrons. The van der Waals surface area contributed by atoms with Crippen LogP contribution in [0, 0.1) is 6.92 Å². The summed E-state index contributed by atoms with van der Waals surface area (Å²) in [6, 6.07) is 7.81. The molecule has 0 atom stereocenters. The molecule has 5 nitrogen and oxygen atoms in total. The summed E-state index contributed by atoms with van der Waals surface area (Å²) in [5.74, 6) is -0.182. The van der Waals surface area contributed by atoms with Crippen LogP contribution in [-0.2, 0) is 6.42 Å². The first-order valence-corrected chi connectivity index (χ1v) is 6.81. The molecule has 2 heterocycles. The molecule has 2 N–H and O–H groups in total. The molecule has 0 spiro atoms. The molecule has 0 radical (unpaired) electrons. The number of amides is 1. The summed E-state index contributed by atoms with van der Waals surface area (Å²) in [6.07, 6.45) is 2.21. The standard InChI is InChI=1S/C15H18N4O/c1-10-8-13(18-17-10)15(20)16-12-5-6-14-11(9-12)4-3-7-19(14)2/h5-6,8-9H,3-4,7H2,1-2H3,(H,16,20)(H,17,18). The van der Waals surface area contributed by atoms with Crippen molar-refractivity contribution >= 4 is 17.3 Å². The van der Waals surface area contributed by atoms with Crippen LogP contribution >= 0.6 is 0 Å². The van der Waals surface area contributed by atoms with E-state index >= 15 is 0 Å². The van der Waals surface area contributed by atoms with Crippen molar-refractivity contribution in [1.82, 2.24) is 10.2 Å². The third kappa shape index (κ3) is 2.39. The van der Waals surface area contributed by atoms with Gasteiger partial charge >= 0.3 is 0 Å². The highest BCUT2D eigenvalue weighted by atomic mass is 16.1. The predicted octanol–water partition coefficient (Wildman–Crippen LogP) is 2.35. The van der Waals surface area contributed by atoms with E-state index in [2.05, 4.69) is 39.6 Å². The van der Waals surface area contributed by atoms with Gasteiger partial charge in [-0.15, -0.1) is 0 Å². The summed E-state index contributed by atoms with van der Waals surface area (Å²) in [7, 11) is 2.10. The molecule has 2 aromatic rings. The topological polar surface area (TPSA) is 61.0 Å². The Balaban J connectivity index is 1.80. The SMILES string of the molecule is Cc1cc(C(=O)Nc2ccc3c(c2)CCCN3C)n[nH]1. The van der Waals surface area contributed by atoms with Gasteiger partial charge in [-0.2, -0.15) is 5.10 Å². The molecule has 1 aliphatic rings. The minimum absolute atomic E-state index is 0.182. The molecule has 1 aromatic carbocycles.